The Morgan fingerprint density at radius 3 is 2.70 bits per heavy atom. The molecule has 1 atom stereocenters. The second kappa shape index (κ2) is 5.49. The van der Waals surface area contributed by atoms with Crippen molar-refractivity contribution in [2.45, 2.75) is 32.6 Å². The van der Waals surface area contributed by atoms with E-state index in [-0.39, 0.29) is 22.6 Å². The lowest BCUT2D eigenvalue weighted by Gasteiger charge is -2.14. The van der Waals surface area contributed by atoms with Gasteiger partial charge >= 0.3 is 0 Å². The number of primary amides is 1. The predicted octanol–water partition coefficient (Wildman–Crippen LogP) is 3.69. The largest absolute Gasteiger partial charge is 0.508 e. The zero-order valence-corrected chi connectivity index (χ0v) is 11.6. The van der Waals surface area contributed by atoms with E-state index in [1.165, 1.54) is 12.1 Å². The maximum Gasteiger partial charge on any atom is 0.251 e. The van der Waals surface area contributed by atoms with Gasteiger partial charge in [0.25, 0.3) is 5.91 Å². The average Bonchev–Trinajstić information content (AvgIpc) is 2.39. The highest BCUT2D eigenvalue weighted by atomic mass is 19.1. The summed E-state index contributed by atoms with van der Waals surface area (Å²) in [6.45, 7) is 4.10. The molecule has 2 aromatic rings. The Labute approximate surface area is 117 Å². The van der Waals surface area contributed by atoms with E-state index in [0.717, 1.165) is 18.4 Å². The third-order valence-corrected chi connectivity index (χ3v) is 3.62. The summed E-state index contributed by atoms with van der Waals surface area (Å²) < 4.78 is 14.2. The fraction of sp³-hybridized carbons (Fsp3) is 0.312. The molecule has 3 nitrogen and oxygen atoms in total. The summed E-state index contributed by atoms with van der Waals surface area (Å²) in [5.74, 6) is -1.24. The number of aromatic hydroxyl groups is 1. The first-order chi connectivity index (χ1) is 9.45. The molecule has 0 aromatic heterocycles. The van der Waals surface area contributed by atoms with Crippen LogP contribution < -0.4 is 5.73 Å². The second-order valence-corrected chi connectivity index (χ2v) is 5.11. The van der Waals surface area contributed by atoms with Gasteiger partial charge < -0.3 is 10.8 Å². The quantitative estimate of drug-likeness (QED) is 0.893. The molecule has 0 fully saturated rings. The van der Waals surface area contributed by atoms with Crippen LogP contribution in [-0.2, 0) is 0 Å². The van der Waals surface area contributed by atoms with Crippen LogP contribution in [0, 0.1) is 5.82 Å². The number of phenolic OH excluding ortho intramolecular Hbond substituents is 1. The Bertz CT molecular complexity index is 667. The number of amides is 1. The van der Waals surface area contributed by atoms with Crippen molar-refractivity contribution in [2.24, 2.45) is 5.73 Å². The Hall–Kier alpha value is -2.10. The Morgan fingerprint density at radius 2 is 2.10 bits per heavy atom. The first-order valence-electron chi connectivity index (χ1n) is 6.70. The minimum absolute atomic E-state index is 0.0546. The standard InChI is InChI=1S/C16H18FNO2/c1-3-4-9(2)12-7-10-5-6-11(16(18)20)15(17)13(10)8-14(12)19/h5-9,19H,3-4H2,1-2H3,(H2,18,20). The monoisotopic (exact) mass is 275 g/mol. The number of nitrogens with two attached hydrogens (primary N) is 1. The van der Waals surface area contributed by atoms with Crippen molar-refractivity contribution < 1.29 is 14.3 Å². The van der Waals surface area contributed by atoms with Gasteiger partial charge in [-0.2, -0.15) is 0 Å². The van der Waals surface area contributed by atoms with Gasteiger partial charge in [0.2, 0.25) is 0 Å². The number of fused-ring (bicyclic) bond motifs is 1. The lowest BCUT2D eigenvalue weighted by atomic mass is 9.92. The van der Waals surface area contributed by atoms with Gasteiger partial charge in [-0.1, -0.05) is 26.3 Å². The van der Waals surface area contributed by atoms with Crippen LogP contribution in [0.1, 0.15) is 48.5 Å². The number of phenols is 1. The van der Waals surface area contributed by atoms with Gasteiger partial charge in [-0.3, -0.25) is 4.79 Å². The average molecular weight is 275 g/mol. The topological polar surface area (TPSA) is 63.3 Å². The zero-order chi connectivity index (χ0) is 14.9. The van der Waals surface area contributed by atoms with Crippen LogP contribution in [0.4, 0.5) is 4.39 Å². The molecule has 0 saturated heterocycles. The first kappa shape index (κ1) is 14.3. The number of hydrogen-bond acceptors (Lipinski definition) is 2. The highest BCUT2D eigenvalue weighted by Crippen LogP contribution is 2.34. The normalized spacial score (nSPS) is 12.6. The van der Waals surface area contributed by atoms with E-state index in [4.69, 9.17) is 5.73 Å². The van der Waals surface area contributed by atoms with Gasteiger partial charge in [-0.25, -0.2) is 4.39 Å². The van der Waals surface area contributed by atoms with Crippen molar-refractivity contribution in [3.63, 3.8) is 0 Å². The molecular formula is C16H18FNO2. The Morgan fingerprint density at radius 1 is 1.40 bits per heavy atom. The summed E-state index contributed by atoms with van der Waals surface area (Å²) in [6.07, 6.45) is 1.95. The number of benzene rings is 2. The summed E-state index contributed by atoms with van der Waals surface area (Å²) >= 11 is 0. The molecule has 0 radical (unpaired) electrons. The Balaban J connectivity index is 2.62. The predicted molar refractivity (Wildman–Crippen MR) is 77.4 cm³/mol. The van der Waals surface area contributed by atoms with Gasteiger partial charge in [-0.05, 0) is 41.5 Å². The fourth-order valence-electron chi connectivity index (χ4n) is 2.52. The molecular weight excluding hydrogens is 257 g/mol. The van der Waals surface area contributed by atoms with Gasteiger partial charge in [0, 0.05) is 5.39 Å². The first-order valence-corrected chi connectivity index (χ1v) is 6.70. The van der Waals surface area contributed by atoms with Crippen LogP contribution >= 0.6 is 0 Å². The lowest BCUT2D eigenvalue weighted by molar-refractivity contribution is 0.0997. The number of carbonyl (C=O) groups is 1. The summed E-state index contributed by atoms with van der Waals surface area (Å²) in [4.78, 5) is 11.1. The molecule has 1 unspecified atom stereocenters. The number of halogens is 1. The van der Waals surface area contributed by atoms with Crippen molar-refractivity contribution in [1.29, 1.82) is 0 Å². The van der Waals surface area contributed by atoms with Gasteiger partial charge in [0.1, 0.15) is 11.6 Å². The van der Waals surface area contributed by atoms with Gasteiger partial charge in [0.05, 0.1) is 5.56 Å². The molecule has 0 spiro atoms. The molecule has 0 aliphatic rings. The third kappa shape index (κ3) is 2.46. The van der Waals surface area contributed by atoms with Crippen LogP contribution in [-0.4, -0.2) is 11.0 Å². The summed E-state index contributed by atoms with van der Waals surface area (Å²) in [5, 5.41) is 10.9. The van der Waals surface area contributed by atoms with Crippen LogP contribution in [0.2, 0.25) is 0 Å². The van der Waals surface area contributed by atoms with E-state index < -0.39 is 11.7 Å². The molecule has 0 heterocycles. The summed E-state index contributed by atoms with van der Waals surface area (Å²) in [5.41, 5.74) is 5.76. The van der Waals surface area contributed by atoms with E-state index in [1.807, 2.05) is 6.92 Å². The van der Waals surface area contributed by atoms with E-state index in [0.29, 0.717) is 5.39 Å². The molecule has 2 aromatic carbocycles. The molecule has 0 aliphatic carbocycles. The lowest BCUT2D eigenvalue weighted by Crippen LogP contribution is -2.13. The van der Waals surface area contributed by atoms with Crippen LogP contribution in [0.25, 0.3) is 10.8 Å². The molecule has 4 heteroatoms. The van der Waals surface area contributed by atoms with Crippen molar-refractivity contribution in [3.05, 3.63) is 41.2 Å². The van der Waals surface area contributed by atoms with Crippen LogP contribution in [0.3, 0.4) is 0 Å². The van der Waals surface area contributed by atoms with E-state index in [9.17, 15) is 14.3 Å². The maximum absolute atomic E-state index is 14.2. The van der Waals surface area contributed by atoms with Gasteiger partial charge in [0.15, 0.2) is 0 Å². The van der Waals surface area contributed by atoms with Crippen molar-refractivity contribution in [1.82, 2.24) is 0 Å². The molecule has 20 heavy (non-hydrogen) atoms. The maximum atomic E-state index is 14.2. The molecule has 1 amide bonds. The van der Waals surface area contributed by atoms with Gasteiger partial charge in [-0.15, -0.1) is 0 Å². The van der Waals surface area contributed by atoms with E-state index in [1.54, 1.807) is 12.1 Å². The third-order valence-electron chi connectivity index (χ3n) is 3.62. The minimum Gasteiger partial charge on any atom is -0.508 e. The highest BCUT2D eigenvalue weighted by molar-refractivity contribution is 5.98. The number of rotatable bonds is 4. The number of hydrogen-bond donors (Lipinski definition) is 2. The second-order valence-electron chi connectivity index (χ2n) is 5.11. The molecule has 3 N–H and O–H groups in total. The van der Waals surface area contributed by atoms with Crippen molar-refractivity contribution in [2.75, 3.05) is 0 Å². The molecule has 106 valence electrons. The molecule has 0 saturated carbocycles. The highest BCUT2D eigenvalue weighted by Gasteiger charge is 2.16. The van der Waals surface area contributed by atoms with E-state index >= 15 is 0 Å². The van der Waals surface area contributed by atoms with Crippen LogP contribution in [0.5, 0.6) is 5.75 Å². The summed E-state index contributed by atoms with van der Waals surface area (Å²) in [6, 6.07) is 6.18. The molecule has 0 bridgehead atoms. The molecule has 0 aliphatic heterocycles. The van der Waals surface area contributed by atoms with E-state index in [2.05, 4.69) is 6.92 Å². The fourth-order valence-corrected chi connectivity index (χ4v) is 2.52. The smallest absolute Gasteiger partial charge is 0.251 e. The van der Waals surface area contributed by atoms with Crippen molar-refractivity contribution >= 4 is 16.7 Å². The zero-order valence-electron chi connectivity index (χ0n) is 11.6. The van der Waals surface area contributed by atoms with Crippen LogP contribution in [0.15, 0.2) is 24.3 Å². The summed E-state index contributed by atoms with van der Waals surface area (Å²) in [7, 11) is 0. The SMILES string of the molecule is CCCC(C)c1cc2ccc(C(N)=O)c(F)c2cc1O. The van der Waals surface area contributed by atoms with Crippen molar-refractivity contribution in [3.8, 4) is 5.75 Å². The number of carbonyl (C=O) groups excluding carboxylic acids is 1. The Kier molecular flexibility index (Phi) is 3.93. The minimum atomic E-state index is -0.813. The molecule has 2 rings (SSSR count).